The molecule has 0 spiro atoms. The summed E-state index contributed by atoms with van der Waals surface area (Å²) in [7, 11) is 1.69. The van der Waals surface area contributed by atoms with Crippen molar-refractivity contribution in [3.8, 4) is 0 Å². The summed E-state index contributed by atoms with van der Waals surface area (Å²) in [5.74, 6) is 0.526. The first-order chi connectivity index (χ1) is 4.74. The van der Waals surface area contributed by atoms with Crippen LogP contribution in [0.5, 0.6) is 0 Å². The normalized spacial score (nSPS) is 9.30. The van der Waals surface area contributed by atoms with Gasteiger partial charge in [0.15, 0.2) is 5.49 Å². The van der Waals surface area contributed by atoms with Gasteiger partial charge in [-0.1, -0.05) is 0 Å². The maximum atomic E-state index is 8.88. The number of rotatable bonds is 1. The van der Waals surface area contributed by atoms with E-state index in [-0.39, 0.29) is 5.49 Å². The molecule has 54 valence electrons. The lowest BCUT2D eigenvalue weighted by molar-refractivity contribution is 0.170. The number of hydrogen-bond donors (Lipinski definition) is 3. The molecule has 0 atom stereocenters. The van der Waals surface area contributed by atoms with Crippen LogP contribution in [-0.2, 0) is 0 Å². The Kier molecular flexibility index (Phi) is 1.57. The van der Waals surface area contributed by atoms with E-state index in [1.165, 1.54) is 12.4 Å². The van der Waals surface area contributed by atoms with Crippen molar-refractivity contribution in [2.45, 2.75) is 0 Å². The molecule has 0 aliphatic rings. The third-order valence-corrected chi connectivity index (χ3v) is 1.07. The van der Waals surface area contributed by atoms with Crippen LogP contribution in [0.25, 0.3) is 0 Å². The topological polar surface area (TPSA) is 73.9 Å². The molecule has 0 bridgehead atoms. The van der Waals surface area contributed by atoms with E-state index < -0.39 is 0 Å². The molecule has 1 aromatic heterocycles. The van der Waals surface area contributed by atoms with Gasteiger partial charge in [0, 0.05) is 7.05 Å². The first-order valence-corrected chi connectivity index (χ1v) is 2.74. The van der Waals surface area contributed by atoms with Gasteiger partial charge < -0.3 is 10.5 Å². The Morgan fingerprint density at radius 2 is 2.50 bits per heavy atom. The summed E-state index contributed by atoms with van der Waals surface area (Å²) < 4.78 is 0.693. The van der Waals surface area contributed by atoms with Gasteiger partial charge >= 0.3 is 0 Å². The maximum Gasteiger partial charge on any atom is 0.179 e. The summed E-state index contributed by atoms with van der Waals surface area (Å²) in [6.45, 7) is 0. The highest BCUT2D eigenvalue weighted by Crippen LogP contribution is 1.92. The van der Waals surface area contributed by atoms with Crippen molar-refractivity contribution in [1.82, 2.24) is 9.71 Å². The zero-order valence-electron chi connectivity index (χ0n) is 5.50. The Balaban J connectivity index is 3.17. The summed E-state index contributed by atoms with van der Waals surface area (Å²) in [6, 6.07) is 0. The van der Waals surface area contributed by atoms with Gasteiger partial charge in [-0.2, -0.15) is 4.73 Å². The van der Waals surface area contributed by atoms with Gasteiger partial charge in [0.25, 0.3) is 0 Å². The molecule has 0 unspecified atom stereocenters. The molecule has 0 amide bonds. The Labute approximate surface area is 57.4 Å². The predicted octanol–water partition coefficient (Wildman–Crippen LogP) is -0.358. The molecule has 0 aromatic carbocycles. The van der Waals surface area contributed by atoms with E-state index in [1.54, 1.807) is 7.05 Å². The molecule has 1 rings (SSSR count). The van der Waals surface area contributed by atoms with Crippen LogP contribution in [0, 0.1) is 5.41 Å². The molecule has 1 aromatic rings. The first kappa shape index (κ1) is 6.60. The molecule has 5 heteroatoms. The lowest BCUT2D eigenvalue weighted by Gasteiger charge is -1.99. The molecule has 0 saturated heterocycles. The molecule has 3 N–H and O–H groups in total. The first-order valence-electron chi connectivity index (χ1n) is 2.74. The molecule has 0 saturated carbocycles. The molecule has 10 heavy (non-hydrogen) atoms. The van der Waals surface area contributed by atoms with Crippen LogP contribution in [0.4, 0.5) is 5.82 Å². The van der Waals surface area contributed by atoms with E-state index in [4.69, 9.17) is 10.6 Å². The summed E-state index contributed by atoms with van der Waals surface area (Å²) in [5.41, 5.74) is -0.0426. The average molecular weight is 140 g/mol. The van der Waals surface area contributed by atoms with Gasteiger partial charge in [-0.15, -0.1) is 0 Å². The molecule has 5 nitrogen and oxygen atoms in total. The molecule has 0 fully saturated rings. The Morgan fingerprint density at radius 1 is 1.80 bits per heavy atom. The lowest BCUT2D eigenvalue weighted by Crippen LogP contribution is -2.17. The second-order valence-corrected chi connectivity index (χ2v) is 1.75. The molecule has 0 aliphatic heterocycles. The zero-order chi connectivity index (χ0) is 7.56. The second-order valence-electron chi connectivity index (χ2n) is 1.75. The molecule has 0 aliphatic carbocycles. The van der Waals surface area contributed by atoms with Crippen molar-refractivity contribution in [1.29, 1.82) is 5.41 Å². The highest BCUT2D eigenvalue weighted by Gasteiger charge is 1.90. The largest absolute Gasteiger partial charge is 0.427 e. The fourth-order valence-electron chi connectivity index (χ4n) is 0.538. The van der Waals surface area contributed by atoms with E-state index in [0.29, 0.717) is 10.5 Å². The van der Waals surface area contributed by atoms with E-state index >= 15 is 0 Å². The number of nitrogens with one attached hydrogen (secondary N) is 2. The van der Waals surface area contributed by atoms with Gasteiger partial charge in [0.1, 0.15) is 5.82 Å². The van der Waals surface area contributed by atoms with Crippen molar-refractivity contribution in [3.05, 3.63) is 17.9 Å². The minimum absolute atomic E-state index is 0.0426. The number of anilines is 1. The molecule has 0 radical (unpaired) electrons. The molecule has 1 heterocycles. The van der Waals surface area contributed by atoms with Crippen molar-refractivity contribution in [2.24, 2.45) is 0 Å². The van der Waals surface area contributed by atoms with Crippen LogP contribution in [0.2, 0.25) is 0 Å². The second kappa shape index (κ2) is 2.38. The number of nitrogens with zero attached hydrogens (tertiary/aromatic N) is 2. The fourth-order valence-corrected chi connectivity index (χ4v) is 0.538. The minimum atomic E-state index is -0.0426. The van der Waals surface area contributed by atoms with Crippen molar-refractivity contribution in [2.75, 3.05) is 12.4 Å². The van der Waals surface area contributed by atoms with Crippen LogP contribution in [0.3, 0.4) is 0 Å². The SMILES string of the molecule is CNc1cn(O)c(=N)cn1. The Bertz CT molecular complexity index is 279. The third-order valence-electron chi connectivity index (χ3n) is 1.07. The van der Waals surface area contributed by atoms with E-state index in [9.17, 15) is 0 Å². The standard InChI is InChI=1S/C5H8N4O/c1-7-5-3-9(10)4(6)2-8-5/h2-3,6-7,10H,1H3. The highest BCUT2D eigenvalue weighted by atomic mass is 16.5. The highest BCUT2D eigenvalue weighted by molar-refractivity contribution is 5.28. The summed E-state index contributed by atoms with van der Waals surface area (Å²) in [5, 5.41) is 18.6. The van der Waals surface area contributed by atoms with Gasteiger partial charge in [0.2, 0.25) is 0 Å². The summed E-state index contributed by atoms with van der Waals surface area (Å²) in [6.07, 6.45) is 2.58. The monoisotopic (exact) mass is 140 g/mol. The van der Waals surface area contributed by atoms with Gasteiger partial charge in [0.05, 0.1) is 12.4 Å². The fraction of sp³-hybridized carbons (Fsp3) is 0.200. The maximum absolute atomic E-state index is 8.88. The smallest absolute Gasteiger partial charge is 0.179 e. The zero-order valence-corrected chi connectivity index (χ0v) is 5.50. The van der Waals surface area contributed by atoms with Crippen LogP contribution in [0.1, 0.15) is 0 Å². The minimum Gasteiger partial charge on any atom is -0.427 e. The van der Waals surface area contributed by atoms with Gasteiger partial charge in [-0.05, 0) is 0 Å². The molecular formula is C5H8N4O. The van der Waals surface area contributed by atoms with Gasteiger partial charge in [-0.3, -0.25) is 5.41 Å². The van der Waals surface area contributed by atoms with Crippen molar-refractivity contribution >= 4 is 5.82 Å². The quantitative estimate of drug-likeness (QED) is 0.466. The summed E-state index contributed by atoms with van der Waals surface area (Å²) in [4.78, 5) is 3.78. The predicted molar refractivity (Wildman–Crippen MR) is 34.8 cm³/mol. The Hall–Kier alpha value is -1.52. The van der Waals surface area contributed by atoms with Crippen LogP contribution in [0.15, 0.2) is 12.4 Å². The van der Waals surface area contributed by atoms with Crippen LogP contribution < -0.4 is 10.8 Å². The van der Waals surface area contributed by atoms with Crippen LogP contribution in [-0.4, -0.2) is 22.0 Å². The van der Waals surface area contributed by atoms with E-state index in [0.717, 1.165) is 0 Å². The van der Waals surface area contributed by atoms with Crippen LogP contribution >= 0.6 is 0 Å². The third kappa shape index (κ3) is 1.07. The van der Waals surface area contributed by atoms with E-state index in [1.807, 2.05) is 0 Å². The van der Waals surface area contributed by atoms with Gasteiger partial charge in [-0.25, -0.2) is 4.98 Å². The van der Waals surface area contributed by atoms with E-state index in [2.05, 4.69) is 10.3 Å². The summed E-state index contributed by atoms with van der Waals surface area (Å²) >= 11 is 0. The number of hydrogen-bond acceptors (Lipinski definition) is 4. The lowest BCUT2D eigenvalue weighted by atomic mass is 10.6. The average Bonchev–Trinajstić information content (AvgIpc) is 1.95. The molecular weight excluding hydrogens is 132 g/mol. The van der Waals surface area contributed by atoms with Crippen molar-refractivity contribution < 1.29 is 5.21 Å². The van der Waals surface area contributed by atoms with Crippen molar-refractivity contribution in [3.63, 3.8) is 0 Å². The number of aromatic nitrogens is 2. The Morgan fingerprint density at radius 3 is 3.00 bits per heavy atom.